The number of anilines is 1. The molecule has 9 rings (SSSR count). The number of likely N-dealkylation sites (N-methyl/N-ethyl adjacent to an activating group) is 1. The van der Waals surface area contributed by atoms with E-state index in [1.807, 2.05) is 70.0 Å². The van der Waals surface area contributed by atoms with E-state index < -0.39 is 57.5 Å². The van der Waals surface area contributed by atoms with Crippen LogP contribution in [0.2, 0.25) is 0 Å². The number of aromatic nitrogens is 1. The average Bonchev–Trinajstić information content (AvgIpc) is 3.98. The number of H-pyrrole nitrogens is 1. The highest BCUT2D eigenvalue weighted by Gasteiger charge is 2.78. The van der Waals surface area contributed by atoms with Gasteiger partial charge in [-0.15, -0.1) is 0 Å². The molecule has 8 N–H and O–H groups in total. The molecule has 1 aliphatic carbocycles. The number of hydrogen-bond acceptors (Lipinski definition) is 13. The summed E-state index contributed by atoms with van der Waals surface area (Å²) in [5.41, 5.74) is 5.83. The molecule has 0 radical (unpaired) electrons. The molecule has 11 atom stereocenters. The maximum absolute atomic E-state index is 14.9. The van der Waals surface area contributed by atoms with Gasteiger partial charge in [0.1, 0.15) is 18.8 Å². The quantitative estimate of drug-likeness (QED) is 0.0538. The summed E-state index contributed by atoms with van der Waals surface area (Å²) in [6, 6.07) is 10.4. The minimum absolute atomic E-state index is 0.0167. The van der Waals surface area contributed by atoms with Crippen LogP contribution in [0.4, 0.5) is 5.69 Å². The van der Waals surface area contributed by atoms with Crippen molar-refractivity contribution in [3.8, 4) is 0 Å². The Labute approximate surface area is 387 Å². The Kier molecular flexibility index (Phi) is 12.3. The summed E-state index contributed by atoms with van der Waals surface area (Å²) in [5.74, 6) is -1.34. The fourth-order valence-corrected chi connectivity index (χ4v) is 14.1. The minimum Gasteiger partial charge on any atom is -0.467 e. The SMILES string of the molecule is CCC1(O)C[C@H]2C[N@](CCc3c([nH]c4ccccc34)[C@@](COC=O)(c3cc4c(cc3CO)N(C)C3[C@]45CCN4CC=C[C@](CC)(C45)[C@@H](O)[C@]3(O)C(=O)NCCCOC(=O)C(N)C(C)C)C2)C1. The number of carbonyl (C=O) groups is 3. The predicted molar refractivity (Wildman–Crippen MR) is 250 cm³/mol. The molecule has 1 amide bonds. The monoisotopic (exact) mass is 911 g/mol. The third-order valence-electron chi connectivity index (χ3n) is 17.1. The Hall–Kier alpha value is -4.35. The number of nitrogens with two attached hydrogens (primary N) is 1. The normalized spacial score (nSPS) is 35.0. The fourth-order valence-electron chi connectivity index (χ4n) is 14.1. The molecule has 1 aromatic heterocycles. The number of nitrogens with one attached hydrogen (secondary N) is 2. The smallest absolute Gasteiger partial charge is 0.323 e. The van der Waals surface area contributed by atoms with Crippen molar-refractivity contribution in [3.05, 3.63) is 76.5 Å². The lowest BCUT2D eigenvalue weighted by atomic mass is 9.47. The van der Waals surface area contributed by atoms with Crippen LogP contribution in [0.25, 0.3) is 10.9 Å². The summed E-state index contributed by atoms with van der Waals surface area (Å²) >= 11 is 0. The molecule has 5 aliphatic heterocycles. The number of aromatic amines is 1. The molecule has 1 spiro atoms. The molecule has 1 saturated carbocycles. The molecule has 6 aliphatic rings. The molecular weight excluding hydrogens is 841 g/mol. The number of carbonyl (C=O) groups excluding carboxylic acids is 3. The van der Waals surface area contributed by atoms with Gasteiger partial charge < -0.3 is 50.8 Å². The van der Waals surface area contributed by atoms with Crippen LogP contribution in [0.1, 0.15) is 94.2 Å². The van der Waals surface area contributed by atoms with E-state index in [0.29, 0.717) is 70.2 Å². The van der Waals surface area contributed by atoms with Crippen molar-refractivity contribution in [1.29, 1.82) is 0 Å². The molecule has 15 heteroatoms. The van der Waals surface area contributed by atoms with Gasteiger partial charge in [0.25, 0.3) is 12.4 Å². The highest BCUT2D eigenvalue weighted by Crippen LogP contribution is 2.67. The molecule has 2 aromatic carbocycles. The summed E-state index contributed by atoms with van der Waals surface area (Å²) in [5, 5.41) is 53.9. The molecule has 2 saturated heterocycles. The van der Waals surface area contributed by atoms with E-state index >= 15 is 0 Å². The van der Waals surface area contributed by atoms with Gasteiger partial charge in [-0.25, -0.2) is 0 Å². The van der Waals surface area contributed by atoms with E-state index in [9.17, 15) is 34.8 Å². The van der Waals surface area contributed by atoms with E-state index in [0.717, 1.165) is 52.1 Å². The molecule has 15 nitrogen and oxygen atoms in total. The second-order valence-electron chi connectivity index (χ2n) is 20.9. The number of hydrogen-bond donors (Lipinski definition) is 7. The van der Waals surface area contributed by atoms with Gasteiger partial charge in [0, 0.05) is 78.9 Å². The van der Waals surface area contributed by atoms with E-state index in [-0.39, 0.29) is 50.7 Å². The summed E-state index contributed by atoms with van der Waals surface area (Å²) in [4.78, 5) is 50.4. The number of rotatable bonds is 14. The molecule has 2 bridgehead atoms. The van der Waals surface area contributed by atoms with Crippen molar-refractivity contribution >= 4 is 34.9 Å². The number of ether oxygens (including phenoxy) is 2. The number of fused-ring (bicyclic) bond motifs is 6. The van der Waals surface area contributed by atoms with Crippen molar-refractivity contribution < 1.29 is 44.3 Å². The Morgan fingerprint density at radius 2 is 1.86 bits per heavy atom. The molecule has 66 heavy (non-hydrogen) atoms. The second-order valence-corrected chi connectivity index (χ2v) is 20.9. The summed E-state index contributed by atoms with van der Waals surface area (Å²) in [6.07, 6.45) is 6.18. The second kappa shape index (κ2) is 17.3. The lowest BCUT2D eigenvalue weighted by Gasteiger charge is -2.63. The summed E-state index contributed by atoms with van der Waals surface area (Å²) in [6.45, 7) is 11.3. The first kappa shape index (κ1) is 46.7. The van der Waals surface area contributed by atoms with Crippen molar-refractivity contribution in [3.63, 3.8) is 0 Å². The zero-order valence-electron chi connectivity index (χ0n) is 39.2. The topological polar surface area (TPSA) is 214 Å². The Morgan fingerprint density at radius 1 is 1.08 bits per heavy atom. The zero-order valence-corrected chi connectivity index (χ0v) is 39.2. The number of benzene rings is 2. The first-order chi connectivity index (χ1) is 31.6. The Balaban J connectivity index is 1.21. The first-order valence-corrected chi connectivity index (χ1v) is 24.2. The van der Waals surface area contributed by atoms with Gasteiger partial charge in [-0.05, 0) is 97.7 Å². The zero-order chi connectivity index (χ0) is 47.0. The number of amides is 1. The van der Waals surface area contributed by atoms with E-state index in [1.54, 1.807) is 0 Å². The van der Waals surface area contributed by atoms with Crippen molar-refractivity contribution in [2.45, 2.75) is 126 Å². The third-order valence-corrected chi connectivity index (χ3v) is 17.1. The van der Waals surface area contributed by atoms with Gasteiger partial charge in [-0.1, -0.05) is 64.1 Å². The number of esters is 1. The van der Waals surface area contributed by atoms with Crippen LogP contribution in [0.3, 0.4) is 0 Å². The molecule has 358 valence electrons. The summed E-state index contributed by atoms with van der Waals surface area (Å²) < 4.78 is 11.4. The van der Waals surface area contributed by atoms with Crippen LogP contribution >= 0.6 is 0 Å². The van der Waals surface area contributed by atoms with Gasteiger partial charge >= 0.3 is 5.97 Å². The number of aliphatic hydroxyl groups is 4. The average molecular weight is 911 g/mol. The number of piperidine rings is 1. The number of nitrogens with zero attached hydrogens (tertiary/aromatic N) is 3. The molecule has 4 unspecified atom stereocenters. The van der Waals surface area contributed by atoms with Gasteiger partial charge in [0.15, 0.2) is 5.60 Å². The van der Waals surface area contributed by atoms with Crippen LogP contribution in [0.15, 0.2) is 48.6 Å². The molecule has 3 fully saturated rings. The largest absolute Gasteiger partial charge is 0.467 e. The highest BCUT2D eigenvalue weighted by molar-refractivity contribution is 5.91. The van der Waals surface area contributed by atoms with E-state index in [4.69, 9.17) is 15.2 Å². The maximum atomic E-state index is 14.9. The van der Waals surface area contributed by atoms with Gasteiger partial charge in [0.05, 0.1) is 30.3 Å². The molecular formula is C51H70N6O9. The third kappa shape index (κ3) is 6.88. The van der Waals surface area contributed by atoms with Crippen LogP contribution in [0, 0.1) is 17.3 Å². The van der Waals surface area contributed by atoms with Crippen molar-refractivity contribution in [2.24, 2.45) is 23.0 Å². The maximum Gasteiger partial charge on any atom is 0.323 e. The van der Waals surface area contributed by atoms with Gasteiger partial charge in [-0.2, -0.15) is 0 Å². The number of aliphatic hydroxyl groups excluding tert-OH is 2. The lowest BCUT2D eigenvalue weighted by molar-refractivity contribution is -0.203. The van der Waals surface area contributed by atoms with E-state index in [1.165, 1.54) is 0 Å². The Bertz CT molecular complexity index is 2390. The number of para-hydroxylation sites is 1. The summed E-state index contributed by atoms with van der Waals surface area (Å²) in [7, 11) is 1.87. The van der Waals surface area contributed by atoms with Crippen LogP contribution in [0.5, 0.6) is 0 Å². The van der Waals surface area contributed by atoms with E-state index in [2.05, 4.69) is 38.3 Å². The van der Waals surface area contributed by atoms with Gasteiger partial charge in [-0.3, -0.25) is 24.2 Å². The Morgan fingerprint density at radius 3 is 2.59 bits per heavy atom. The van der Waals surface area contributed by atoms with Crippen molar-refractivity contribution in [2.75, 3.05) is 64.4 Å². The fraction of sp³-hybridized carbons (Fsp3) is 0.627. The lowest BCUT2D eigenvalue weighted by Crippen LogP contribution is -2.81. The standard InChI is InChI=1S/C51H70N6O9/c1-6-47(63)24-32-25-49(29-65-30-59,41-35(14-19-56(26-32)28-47)34-12-8-9-13-38(34)54-41)36-23-37-39(22-33(36)27-58)55(5)44-50(37)16-20-57-18-10-15-48(7-2,43(50)57)45(61)51(44,64)46(62)53-17-11-21-66-42(60)40(52)31(3)4/h8-10,12-13,15,22-23,30-32,40,43-45,54,58,61,63-64H,6-7,11,14,16-21,24-29,52H2,1-5H3,(H,53,62)/t32-,40?,43?,44?,45-,47?,48-,49+,50-,51+/m1/s1. The first-order valence-electron chi connectivity index (χ1n) is 24.2. The van der Waals surface area contributed by atoms with Crippen LogP contribution in [-0.4, -0.2) is 149 Å². The van der Waals surface area contributed by atoms with Gasteiger partial charge in [0.2, 0.25) is 0 Å². The molecule has 3 aromatic rings. The molecule has 6 heterocycles. The highest BCUT2D eigenvalue weighted by atomic mass is 16.5. The van der Waals surface area contributed by atoms with Crippen LogP contribution in [-0.2, 0) is 47.7 Å². The van der Waals surface area contributed by atoms with Crippen molar-refractivity contribution in [1.82, 2.24) is 20.1 Å². The van der Waals surface area contributed by atoms with Crippen LogP contribution < -0.4 is 16.0 Å². The predicted octanol–water partition coefficient (Wildman–Crippen LogP) is 2.76. The minimum atomic E-state index is -2.33.